The number of nitrogens with one attached hydrogen (secondary N) is 1. The molecule has 1 amide bonds. The smallest absolute Gasteiger partial charge is 0.220 e. The summed E-state index contributed by atoms with van der Waals surface area (Å²) in [4.78, 5) is 12.0. The van der Waals surface area contributed by atoms with E-state index >= 15 is 0 Å². The molecule has 20 heavy (non-hydrogen) atoms. The van der Waals surface area contributed by atoms with Crippen molar-refractivity contribution in [3.8, 4) is 0 Å². The fourth-order valence-corrected chi connectivity index (χ4v) is 2.11. The van der Waals surface area contributed by atoms with Crippen LogP contribution in [0.3, 0.4) is 0 Å². The summed E-state index contributed by atoms with van der Waals surface area (Å²) in [6.45, 7) is 5.03. The third kappa shape index (κ3) is 5.72. The summed E-state index contributed by atoms with van der Waals surface area (Å²) in [6.07, 6.45) is 0.465. The number of hydrogen-bond acceptors (Lipinski definition) is 3. The highest BCUT2D eigenvalue weighted by Crippen LogP contribution is 2.19. The number of methoxy groups -OCH3 is 2. The van der Waals surface area contributed by atoms with Crippen molar-refractivity contribution in [1.82, 2.24) is 5.32 Å². The van der Waals surface area contributed by atoms with Crippen molar-refractivity contribution in [2.75, 3.05) is 27.4 Å². The number of hydrogen-bond donors (Lipinski definition) is 1. The van der Waals surface area contributed by atoms with Gasteiger partial charge in [-0.05, 0) is 18.4 Å². The summed E-state index contributed by atoms with van der Waals surface area (Å²) >= 11 is 0. The topological polar surface area (TPSA) is 47.6 Å². The Kier molecular flexibility index (Phi) is 7.26. The van der Waals surface area contributed by atoms with Gasteiger partial charge in [-0.1, -0.05) is 36.8 Å². The van der Waals surface area contributed by atoms with Gasteiger partial charge in [0.05, 0.1) is 19.3 Å². The van der Waals surface area contributed by atoms with Crippen molar-refractivity contribution in [2.24, 2.45) is 0 Å². The van der Waals surface area contributed by atoms with Crippen LogP contribution in [0.1, 0.15) is 30.4 Å². The average molecular weight is 279 g/mol. The van der Waals surface area contributed by atoms with Crippen molar-refractivity contribution in [3.05, 3.63) is 35.4 Å². The van der Waals surface area contributed by atoms with Crippen molar-refractivity contribution in [1.29, 1.82) is 0 Å². The maximum atomic E-state index is 12.0. The zero-order valence-electron chi connectivity index (χ0n) is 12.8. The zero-order valence-corrected chi connectivity index (χ0v) is 12.8. The number of carbonyl (C=O) groups excluding carboxylic acids is 1. The van der Waals surface area contributed by atoms with Gasteiger partial charge < -0.3 is 14.8 Å². The van der Waals surface area contributed by atoms with E-state index in [2.05, 4.69) is 43.4 Å². The van der Waals surface area contributed by atoms with Gasteiger partial charge in [-0.2, -0.15) is 0 Å². The largest absolute Gasteiger partial charge is 0.382 e. The Labute approximate surface area is 121 Å². The molecule has 1 aromatic carbocycles. The van der Waals surface area contributed by atoms with Gasteiger partial charge in [-0.15, -0.1) is 0 Å². The first-order chi connectivity index (χ1) is 9.56. The summed E-state index contributed by atoms with van der Waals surface area (Å²) in [5.41, 5.74) is 2.41. The van der Waals surface area contributed by atoms with E-state index in [-0.39, 0.29) is 17.9 Å². The zero-order chi connectivity index (χ0) is 15.0. The first-order valence-electron chi connectivity index (χ1n) is 6.90. The van der Waals surface area contributed by atoms with E-state index in [0.717, 1.165) is 0 Å². The lowest BCUT2D eigenvalue weighted by molar-refractivity contribution is -0.122. The maximum absolute atomic E-state index is 12.0. The molecule has 0 saturated carbocycles. The van der Waals surface area contributed by atoms with E-state index in [1.165, 1.54) is 11.1 Å². The molecule has 4 heteroatoms. The van der Waals surface area contributed by atoms with Crippen molar-refractivity contribution in [3.63, 3.8) is 0 Å². The minimum absolute atomic E-state index is 0.0252. The second kappa shape index (κ2) is 8.72. The number of rotatable bonds is 8. The molecule has 112 valence electrons. The SMILES string of the molecule is COCC(COC)NC(=O)CC(C)c1ccc(C)cc1. The van der Waals surface area contributed by atoms with Gasteiger partial charge in [-0.3, -0.25) is 4.79 Å². The van der Waals surface area contributed by atoms with E-state index in [4.69, 9.17) is 9.47 Å². The Morgan fingerprint density at radius 2 is 1.70 bits per heavy atom. The monoisotopic (exact) mass is 279 g/mol. The first kappa shape index (κ1) is 16.7. The molecule has 0 aliphatic carbocycles. The van der Waals surface area contributed by atoms with Crippen molar-refractivity contribution >= 4 is 5.91 Å². The molecule has 1 N–H and O–H groups in total. The average Bonchev–Trinajstić information content (AvgIpc) is 2.39. The molecule has 0 aliphatic heterocycles. The third-order valence-electron chi connectivity index (χ3n) is 3.24. The molecule has 1 aromatic rings. The van der Waals surface area contributed by atoms with Crippen molar-refractivity contribution < 1.29 is 14.3 Å². The van der Waals surface area contributed by atoms with Gasteiger partial charge in [0.25, 0.3) is 0 Å². The number of benzene rings is 1. The summed E-state index contributed by atoms with van der Waals surface area (Å²) in [5, 5.41) is 2.94. The molecule has 1 unspecified atom stereocenters. The molecule has 0 aromatic heterocycles. The minimum Gasteiger partial charge on any atom is -0.382 e. The lowest BCUT2D eigenvalue weighted by Crippen LogP contribution is -2.41. The fourth-order valence-electron chi connectivity index (χ4n) is 2.11. The third-order valence-corrected chi connectivity index (χ3v) is 3.24. The highest BCUT2D eigenvalue weighted by Gasteiger charge is 2.15. The summed E-state index contributed by atoms with van der Waals surface area (Å²) in [6, 6.07) is 8.21. The Balaban J connectivity index is 2.49. The van der Waals surface area contributed by atoms with Gasteiger partial charge in [-0.25, -0.2) is 0 Å². The number of amides is 1. The molecule has 0 radical (unpaired) electrons. The Morgan fingerprint density at radius 1 is 1.15 bits per heavy atom. The summed E-state index contributed by atoms with van der Waals surface area (Å²) < 4.78 is 10.1. The lowest BCUT2D eigenvalue weighted by Gasteiger charge is -2.18. The highest BCUT2D eigenvalue weighted by molar-refractivity contribution is 5.77. The summed E-state index contributed by atoms with van der Waals surface area (Å²) in [7, 11) is 3.23. The molecule has 0 saturated heterocycles. The predicted molar refractivity (Wildman–Crippen MR) is 79.9 cm³/mol. The van der Waals surface area contributed by atoms with E-state index in [1.54, 1.807) is 14.2 Å². The predicted octanol–water partition coefficient (Wildman–Crippen LogP) is 2.27. The van der Waals surface area contributed by atoms with Crippen LogP contribution in [0.15, 0.2) is 24.3 Å². The Bertz CT molecular complexity index is 397. The molecule has 1 atom stereocenters. The Hall–Kier alpha value is -1.39. The molecule has 1 rings (SSSR count). The van der Waals surface area contributed by atoms with Crippen LogP contribution in [-0.4, -0.2) is 39.4 Å². The van der Waals surface area contributed by atoms with Gasteiger partial charge in [0.1, 0.15) is 0 Å². The maximum Gasteiger partial charge on any atom is 0.220 e. The van der Waals surface area contributed by atoms with E-state index < -0.39 is 0 Å². The second-order valence-corrected chi connectivity index (χ2v) is 5.19. The first-order valence-corrected chi connectivity index (χ1v) is 6.90. The number of aryl methyl sites for hydroxylation is 1. The quantitative estimate of drug-likeness (QED) is 0.794. The van der Waals surface area contributed by atoms with Crippen LogP contribution in [0, 0.1) is 6.92 Å². The van der Waals surface area contributed by atoms with E-state index in [1.807, 2.05) is 0 Å². The number of ether oxygens (including phenoxy) is 2. The van der Waals surface area contributed by atoms with Gasteiger partial charge in [0, 0.05) is 20.6 Å². The molecular weight excluding hydrogens is 254 g/mol. The lowest BCUT2D eigenvalue weighted by atomic mass is 9.96. The van der Waals surface area contributed by atoms with E-state index in [0.29, 0.717) is 19.6 Å². The van der Waals surface area contributed by atoms with Crippen molar-refractivity contribution in [2.45, 2.75) is 32.2 Å². The second-order valence-electron chi connectivity index (χ2n) is 5.19. The molecule has 0 heterocycles. The van der Waals surface area contributed by atoms with Gasteiger partial charge >= 0.3 is 0 Å². The van der Waals surface area contributed by atoms with Crippen LogP contribution >= 0.6 is 0 Å². The molecule has 0 aliphatic rings. The Morgan fingerprint density at radius 3 is 2.20 bits per heavy atom. The molecule has 0 spiro atoms. The van der Waals surface area contributed by atoms with Crippen LogP contribution < -0.4 is 5.32 Å². The molecule has 0 fully saturated rings. The molecule has 0 bridgehead atoms. The van der Waals surface area contributed by atoms with Crippen LogP contribution in [0.4, 0.5) is 0 Å². The van der Waals surface area contributed by atoms with E-state index in [9.17, 15) is 4.79 Å². The highest BCUT2D eigenvalue weighted by atomic mass is 16.5. The minimum atomic E-state index is -0.0947. The fraction of sp³-hybridized carbons (Fsp3) is 0.562. The molecule has 4 nitrogen and oxygen atoms in total. The van der Waals surface area contributed by atoms with Crippen LogP contribution in [0.25, 0.3) is 0 Å². The van der Waals surface area contributed by atoms with Crippen LogP contribution in [-0.2, 0) is 14.3 Å². The van der Waals surface area contributed by atoms with Crippen LogP contribution in [0.5, 0.6) is 0 Å². The summed E-state index contributed by atoms with van der Waals surface area (Å²) in [5.74, 6) is 0.221. The van der Waals surface area contributed by atoms with Gasteiger partial charge in [0.15, 0.2) is 0 Å². The standard InChI is InChI=1S/C16H25NO3/c1-12-5-7-14(8-6-12)13(2)9-16(18)17-15(10-19-3)11-20-4/h5-8,13,15H,9-11H2,1-4H3,(H,17,18). The molecular formula is C16H25NO3. The number of carbonyl (C=O) groups is 1. The van der Waals surface area contributed by atoms with Gasteiger partial charge in [0.2, 0.25) is 5.91 Å². The normalized spacial score (nSPS) is 12.4. The van der Waals surface area contributed by atoms with Crippen LogP contribution in [0.2, 0.25) is 0 Å².